The highest BCUT2D eigenvalue weighted by Gasteiger charge is 2.40. The average molecular weight is 522 g/mol. The summed E-state index contributed by atoms with van der Waals surface area (Å²) in [4.78, 5) is 15.1. The standard InChI is InChI=1S/C30H26F3NO4/c1-36-28-14-18(10-11-27(28)30(31,32)33)19-12-20-15-37-16-21(13-19)34(20)29(35)38-17-26-24-8-4-2-6-22(24)23-7-3-5-9-25(23)26/h2-12,14,20-21,26H,13,15-17H2,1H3. The van der Waals surface area contributed by atoms with Gasteiger partial charge in [0.15, 0.2) is 0 Å². The summed E-state index contributed by atoms with van der Waals surface area (Å²) < 4.78 is 56.6. The zero-order valence-corrected chi connectivity index (χ0v) is 20.7. The number of carbonyl (C=O) groups is 1. The van der Waals surface area contributed by atoms with Crippen LogP contribution in [0, 0.1) is 0 Å². The van der Waals surface area contributed by atoms with Crippen molar-refractivity contribution in [3.05, 3.63) is 95.1 Å². The summed E-state index contributed by atoms with van der Waals surface area (Å²) in [5.74, 6) is -0.269. The zero-order valence-electron chi connectivity index (χ0n) is 20.7. The summed E-state index contributed by atoms with van der Waals surface area (Å²) in [5.41, 5.74) is 5.28. The second-order valence-corrected chi connectivity index (χ2v) is 9.78. The summed E-state index contributed by atoms with van der Waals surface area (Å²) in [6.45, 7) is 0.841. The third-order valence-electron chi connectivity index (χ3n) is 7.62. The molecule has 2 heterocycles. The van der Waals surface area contributed by atoms with Gasteiger partial charge in [0.25, 0.3) is 0 Å². The van der Waals surface area contributed by atoms with Gasteiger partial charge >= 0.3 is 12.3 Å². The molecular formula is C30H26F3NO4. The molecule has 38 heavy (non-hydrogen) atoms. The predicted molar refractivity (Wildman–Crippen MR) is 136 cm³/mol. The van der Waals surface area contributed by atoms with Crippen molar-refractivity contribution in [3.63, 3.8) is 0 Å². The molecule has 1 amide bonds. The van der Waals surface area contributed by atoms with E-state index in [4.69, 9.17) is 14.2 Å². The Morgan fingerprint density at radius 2 is 1.68 bits per heavy atom. The summed E-state index contributed by atoms with van der Waals surface area (Å²) >= 11 is 0. The number of alkyl halides is 3. The van der Waals surface area contributed by atoms with E-state index in [0.29, 0.717) is 25.2 Å². The molecule has 0 aromatic heterocycles. The highest BCUT2D eigenvalue weighted by Crippen LogP contribution is 2.45. The third-order valence-corrected chi connectivity index (χ3v) is 7.62. The molecule has 2 unspecified atom stereocenters. The van der Waals surface area contributed by atoms with Crippen molar-refractivity contribution in [2.45, 2.75) is 30.6 Å². The van der Waals surface area contributed by atoms with Gasteiger partial charge in [-0.1, -0.05) is 60.7 Å². The predicted octanol–water partition coefficient (Wildman–Crippen LogP) is 6.52. The number of amides is 1. The lowest BCUT2D eigenvalue weighted by Crippen LogP contribution is -2.56. The minimum Gasteiger partial charge on any atom is -0.496 e. The molecule has 0 spiro atoms. The SMILES string of the molecule is COc1cc(C2=CC3COCC(C2)N3C(=O)OCC2c3ccccc3-c3ccccc32)ccc1C(F)(F)F. The number of morpholine rings is 1. The number of rotatable bonds is 4. The molecule has 5 nitrogen and oxygen atoms in total. The fourth-order valence-corrected chi connectivity index (χ4v) is 5.89. The van der Waals surface area contributed by atoms with Crippen LogP contribution in [0.15, 0.2) is 72.8 Å². The molecular weight excluding hydrogens is 495 g/mol. The molecule has 196 valence electrons. The molecule has 8 heteroatoms. The second kappa shape index (κ2) is 9.51. The van der Waals surface area contributed by atoms with Gasteiger partial charge in [0.05, 0.1) is 38.0 Å². The van der Waals surface area contributed by atoms with Crippen LogP contribution in [0.3, 0.4) is 0 Å². The average Bonchev–Trinajstić information content (AvgIpc) is 3.23. The molecule has 2 aliphatic heterocycles. The number of halogens is 3. The van der Waals surface area contributed by atoms with E-state index in [1.54, 1.807) is 4.90 Å². The maximum absolute atomic E-state index is 13.4. The first-order chi connectivity index (χ1) is 18.3. The van der Waals surface area contributed by atoms with Crippen molar-refractivity contribution in [1.29, 1.82) is 0 Å². The van der Waals surface area contributed by atoms with E-state index in [2.05, 4.69) is 24.3 Å². The Kier molecular flexibility index (Phi) is 6.14. The van der Waals surface area contributed by atoms with Gasteiger partial charge in [-0.25, -0.2) is 4.79 Å². The Hall–Kier alpha value is -3.78. The quantitative estimate of drug-likeness (QED) is 0.392. The van der Waals surface area contributed by atoms with Crippen molar-refractivity contribution < 1.29 is 32.2 Å². The number of ether oxygens (including phenoxy) is 3. The second-order valence-electron chi connectivity index (χ2n) is 9.78. The Morgan fingerprint density at radius 3 is 2.32 bits per heavy atom. The van der Waals surface area contributed by atoms with Crippen molar-refractivity contribution in [2.24, 2.45) is 0 Å². The van der Waals surface area contributed by atoms with E-state index < -0.39 is 17.8 Å². The van der Waals surface area contributed by atoms with Crippen LogP contribution in [0.1, 0.15) is 34.6 Å². The molecule has 1 aliphatic carbocycles. The van der Waals surface area contributed by atoms with Crippen LogP contribution in [0.2, 0.25) is 0 Å². The summed E-state index contributed by atoms with van der Waals surface area (Å²) in [6.07, 6.45) is -2.59. The number of fused-ring (bicyclic) bond motifs is 5. The molecule has 0 radical (unpaired) electrons. The maximum atomic E-state index is 13.4. The molecule has 1 fully saturated rings. The molecule has 3 aromatic carbocycles. The molecule has 3 aliphatic rings. The number of hydrogen-bond acceptors (Lipinski definition) is 4. The smallest absolute Gasteiger partial charge is 0.419 e. The minimum absolute atomic E-state index is 0.0436. The van der Waals surface area contributed by atoms with Gasteiger partial charge in [-0.05, 0) is 51.9 Å². The maximum Gasteiger partial charge on any atom is 0.419 e. The molecule has 2 bridgehead atoms. The van der Waals surface area contributed by atoms with Gasteiger partial charge in [0.1, 0.15) is 12.4 Å². The van der Waals surface area contributed by atoms with E-state index in [9.17, 15) is 18.0 Å². The lowest BCUT2D eigenvalue weighted by molar-refractivity contribution is -0.138. The number of nitrogens with zero attached hydrogens (tertiary/aromatic N) is 1. The van der Waals surface area contributed by atoms with Crippen LogP contribution in [0.4, 0.5) is 18.0 Å². The van der Waals surface area contributed by atoms with E-state index >= 15 is 0 Å². The van der Waals surface area contributed by atoms with Crippen LogP contribution < -0.4 is 4.74 Å². The number of benzene rings is 3. The van der Waals surface area contributed by atoms with Gasteiger partial charge in [-0.2, -0.15) is 13.2 Å². The topological polar surface area (TPSA) is 48.0 Å². The van der Waals surface area contributed by atoms with Crippen LogP contribution >= 0.6 is 0 Å². The van der Waals surface area contributed by atoms with Crippen LogP contribution in [0.25, 0.3) is 16.7 Å². The van der Waals surface area contributed by atoms with Crippen molar-refractivity contribution in [3.8, 4) is 16.9 Å². The lowest BCUT2D eigenvalue weighted by Gasteiger charge is -2.44. The van der Waals surface area contributed by atoms with Crippen molar-refractivity contribution in [2.75, 3.05) is 26.9 Å². The van der Waals surface area contributed by atoms with Gasteiger partial charge in [0.2, 0.25) is 0 Å². The molecule has 1 saturated heterocycles. The first-order valence-electron chi connectivity index (χ1n) is 12.5. The van der Waals surface area contributed by atoms with Crippen molar-refractivity contribution in [1.82, 2.24) is 4.90 Å². The van der Waals surface area contributed by atoms with E-state index in [0.717, 1.165) is 33.9 Å². The van der Waals surface area contributed by atoms with E-state index in [1.807, 2.05) is 30.3 Å². The van der Waals surface area contributed by atoms with E-state index in [1.165, 1.54) is 19.2 Å². The lowest BCUT2D eigenvalue weighted by atomic mass is 9.89. The van der Waals surface area contributed by atoms with Gasteiger partial charge in [-0.15, -0.1) is 0 Å². The first kappa shape index (κ1) is 24.6. The fourth-order valence-electron chi connectivity index (χ4n) is 5.89. The zero-order chi connectivity index (χ0) is 26.4. The third kappa shape index (κ3) is 4.22. The van der Waals surface area contributed by atoms with Crippen LogP contribution in [-0.4, -0.2) is 50.0 Å². The first-order valence-corrected chi connectivity index (χ1v) is 12.5. The molecule has 6 rings (SSSR count). The van der Waals surface area contributed by atoms with Gasteiger partial charge < -0.3 is 14.2 Å². The largest absolute Gasteiger partial charge is 0.496 e. The Balaban J connectivity index is 1.22. The Bertz CT molecular complexity index is 1370. The molecule has 2 atom stereocenters. The Morgan fingerprint density at radius 1 is 1.00 bits per heavy atom. The molecule has 0 N–H and O–H groups in total. The van der Waals surface area contributed by atoms with Crippen LogP contribution in [0.5, 0.6) is 5.75 Å². The number of methoxy groups -OCH3 is 1. The Labute approximate surface area is 218 Å². The monoisotopic (exact) mass is 521 g/mol. The van der Waals surface area contributed by atoms with Crippen molar-refractivity contribution >= 4 is 11.7 Å². The van der Waals surface area contributed by atoms with Crippen LogP contribution in [-0.2, 0) is 15.7 Å². The molecule has 3 aromatic rings. The minimum atomic E-state index is -4.50. The summed E-state index contributed by atoms with van der Waals surface area (Å²) in [5, 5.41) is 0. The summed E-state index contributed by atoms with van der Waals surface area (Å²) in [6, 6.07) is 19.6. The summed E-state index contributed by atoms with van der Waals surface area (Å²) in [7, 11) is 1.23. The normalized spacial score (nSPS) is 20.4. The van der Waals surface area contributed by atoms with E-state index in [-0.39, 0.29) is 30.4 Å². The number of hydrogen-bond donors (Lipinski definition) is 0. The molecule has 0 saturated carbocycles. The fraction of sp³-hybridized carbons (Fsp3) is 0.300. The highest BCUT2D eigenvalue weighted by molar-refractivity contribution is 5.79. The van der Waals surface area contributed by atoms with Gasteiger partial charge in [0, 0.05) is 5.92 Å². The van der Waals surface area contributed by atoms with Gasteiger partial charge in [-0.3, -0.25) is 4.90 Å². The highest BCUT2D eigenvalue weighted by atomic mass is 19.4. The number of carbonyl (C=O) groups excluding carboxylic acids is 1.